The van der Waals surface area contributed by atoms with Gasteiger partial charge in [0, 0.05) is 17.5 Å². The van der Waals surface area contributed by atoms with E-state index in [-0.39, 0.29) is 0 Å². The van der Waals surface area contributed by atoms with Gasteiger partial charge in [0.05, 0.1) is 0 Å². The zero-order valence-electron chi connectivity index (χ0n) is 11.7. The second-order valence-electron chi connectivity index (χ2n) is 3.90. The van der Waals surface area contributed by atoms with Crippen LogP contribution in [0, 0.1) is 5.92 Å². The minimum atomic E-state index is 0.529. The highest BCUT2D eigenvalue weighted by Crippen LogP contribution is 2.13. The van der Waals surface area contributed by atoms with Crippen LogP contribution in [0.3, 0.4) is 0 Å². The van der Waals surface area contributed by atoms with E-state index in [2.05, 4.69) is 48.2 Å². The molecule has 1 unspecified atom stereocenters. The first-order chi connectivity index (χ1) is 8.24. The Morgan fingerprint density at radius 1 is 1.12 bits per heavy atom. The van der Waals surface area contributed by atoms with Crippen LogP contribution < -0.4 is 10.0 Å². The molecule has 3 heteroatoms. The fourth-order valence-electron chi connectivity index (χ4n) is 1.37. The van der Waals surface area contributed by atoms with E-state index in [9.17, 15) is 0 Å². The molecule has 0 radical (unpaired) electrons. The van der Waals surface area contributed by atoms with Gasteiger partial charge in [-0.05, 0) is 37.0 Å². The van der Waals surface area contributed by atoms with E-state index in [1.165, 1.54) is 4.90 Å². The second kappa shape index (κ2) is 10.6. The van der Waals surface area contributed by atoms with Crippen molar-refractivity contribution in [1.82, 2.24) is 10.0 Å². The molecule has 0 aliphatic rings. The maximum atomic E-state index is 3.39. The van der Waals surface area contributed by atoms with Gasteiger partial charge in [0.15, 0.2) is 0 Å². The summed E-state index contributed by atoms with van der Waals surface area (Å²) in [6, 6.07) is 10.9. The molecule has 0 aromatic heterocycles. The molecule has 0 amide bonds. The largest absolute Gasteiger partial charge is 0.315 e. The zero-order valence-corrected chi connectivity index (χ0v) is 12.5. The van der Waals surface area contributed by atoms with Gasteiger partial charge < -0.3 is 5.32 Å². The van der Waals surface area contributed by atoms with Crippen LogP contribution in [0.1, 0.15) is 27.7 Å². The summed E-state index contributed by atoms with van der Waals surface area (Å²) in [5.74, 6) is 0.652. The summed E-state index contributed by atoms with van der Waals surface area (Å²) < 4.78 is 3.39. The van der Waals surface area contributed by atoms with Crippen LogP contribution >= 0.6 is 11.9 Å². The molecule has 98 valence electrons. The van der Waals surface area contributed by atoms with E-state index >= 15 is 0 Å². The Hall–Kier alpha value is -0.510. The minimum Gasteiger partial charge on any atom is -0.315 e. The number of hydrogen-bond acceptors (Lipinski definition) is 3. The Bertz CT molecular complexity index is 262. The van der Waals surface area contributed by atoms with Crippen molar-refractivity contribution in [2.45, 2.75) is 38.6 Å². The van der Waals surface area contributed by atoms with Gasteiger partial charge >= 0.3 is 0 Å². The van der Waals surface area contributed by atoms with Crippen molar-refractivity contribution in [2.24, 2.45) is 5.92 Å². The lowest BCUT2D eigenvalue weighted by Crippen LogP contribution is -2.38. The monoisotopic (exact) mass is 254 g/mol. The predicted octanol–water partition coefficient (Wildman–Crippen LogP) is 3.55. The lowest BCUT2D eigenvalue weighted by atomic mass is 10.1. The highest BCUT2D eigenvalue weighted by molar-refractivity contribution is 7.97. The molecule has 0 aliphatic carbocycles. The Morgan fingerprint density at radius 3 is 2.18 bits per heavy atom. The van der Waals surface area contributed by atoms with E-state index in [4.69, 9.17) is 0 Å². The number of rotatable bonds is 6. The first-order valence-electron chi connectivity index (χ1n) is 6.36. The van der Waals surface area contributed by atoms with Crippen LogP contribution in [0.2, 0.25) is 0 Å². The molecule has 1 rings (SSSR count). The van der Waals surface area contributed by atoms with Crippen LogP contribution in [-0.2, 0) is 0 Å². The topological polar surface area (TPSA) is 24.1 Å². The van der Waals surface area contributed by atoms with Gasteiger partial charge in [-0.3, -0.25) is 4.72 Å². The average molecular weight is 254 g/mol. The third kappa shape index (κ3) is 7.42. The maximum Gasteiger partial charge on any atom is 0.0228 e. The van der Waals surface area contributed by atoms with Crippen molar-refractivity contribution in [3.63, 3.8) is 0 Å². The second-order valence-corrected chi connectivity index (χ2v) is 4.87. The summed E-state index contributed by atoms with van der Waals surface area (Å²) in [4.78, 5) is 1.26. The van der Waals surface area contributed by atoms with Gasteiger partial charge in [-0.25, -0.2) is 0 Å². The molecule has 0 aliphatic heterocycles. The van der Waals surface area contributed by atoms with Gasteiger partial charge in [0.1, 0.15) is 0 Å². The molecule has 0 fully saturated rings. The zero-order chi connectivity index (χ0) is 13.1. The van der Waals surface area contributed by atoms with Crippen LogP contribution in [-0.4, -0.2) is 19.6 Å². The summed E-state index contributed by atoms with van der Waals surface area (Å²) in [6.45, 7) is 9.44. The van der Waals surface area contributed by atoms with E-state index in [1.807, 2.05) is 27.0 Å². The SMILES string of the molecule is CC.CNC(CNSc1ccccc1)C(C)C. The standard InChI is InChI=1S/C12H20N2S.C2H6/c1-10(2)12(13-3)9-14-15-11-7-5-4-6-8-11;1-2/h4-8,10,12-14H,9H2,1-3H3;1-2H3. The van der Waals surface area contributed by atoms with Crippen molar-refractivity contribution >= 4 is 11.9 Å². The summed E-state index contributed by atoms with van der Waals surface area (Å²) >= 11 is 1.69. The van der Waals surface area contributed by atoms with Crippen molar-refractivity contribution in [2.75, 3.05) is 13.6 Å². The van der Waals surface area contributed by atoms with Crippen LogP contribution in [0.25, 0.3) is 0 Å². The maximum absolute atomic E-state index is 3.39. The number of nitrogens with one attached hydrogen (secondary N) is 2. The van der Waals surface area contributed by atoms with E-state index in [0.29, 0.717) is 12.0 Å². The Labute approximate surface area is 111 Å². The molecule has 1 atom stereocenters. The molecule has 0 spiro atoms. The number of likely N-dealkylation sites (N-methyl/N-ethyl adjacent to an activating group) is 1. The normalized spacial score (nSPS) is 11.9. The average Bonchev–Trinajstić information content (AvgIpc) is 2.38. The van der Waals surface area contributed by atoms with Gasteiger partial charge in [0.2, 0.25) is 0 Å². The highest BCUT2D eigenvalue weighted by Gasteiger charge is 2.09. The molecule has 1 aromatic carbocycles. The van der Waals surface area contributed by atoms with Crippen molar-refractivity contribution < 1.29 is 0 Å². The van der Waals surface area contributed by atoms with Gasteiger partial charge in [-0.15, -0.1) is 0 Å². The summed E-state index contributed by atoms with van der Waals surface area (Å²) in [6.07, 6.45) is 0. The third-order valence-corrected chi connectivity index (χ3v) is 3.23. The van der Waals surface area contributed by atoms with Gasteiger partial charge in [0.25, 0.3) is 0 Å². The predicted molar refractivity (Wildman–Crippen MR) is 79.3 cm³/mol. The summed E-state index contributed by atoms with van der Waals surface area (Å²) in [5, 5.41) is 3.31. The molecule has 0 bridgehead atoms. The first-order valence-corrected chi connectivity index (χ1v) is 7.17. The fourth-order valence-corrected chi connectivity index (χ4v) is 2.10. The van der Waals surface area contributed by atoms with E-state index < -0.39 is 0 Å². The molecule has 1 aromatic rings. The molecule has 0 saturated carbocycles. The molecule has 2 nitrogen and oxygen atoms in total. The molecule has 0 heterocycles. The summed E-state index contributed by atoms with van der Waals surface area (Å²) in [5.41, 5.74) is 0. The van der Waals surface area contributed by atoms with Crippen molar-refractivity contribution in [3.8, 4) is 0 Å². The lowest BCUT2D eigenvalue weighted by molar-refractivity contribution is 0.427. The summed E-state index contributed by atoms with van der Waals surface area (Å²) in [7, 11) is 2.01. The lowest BCUT2D eigenvalue weighted by Gasteiger charge is -2.20. The number of benzene rings is 1. The molecule has 2 N–H and O–H groups in total. The van der Waals surface area contributed by atoms with Crippen LogP contribution in [0.15, 0.2) is 35.2 Å². The Balaban J connectivity index is 0.00000121. The van der Waals surface area contributed by atoms with Crippen LogP contribution in [0.4, 0.5) is 0 Å². The van der Waals surface area contributed by atoms with E-state index in [1.54, 1.807) is 11.9 Å². The smallest absolute Gasteiger partial charge is 0.0228 e. The molecule has 0 saturated heterocycles. The Kier molecular flexibility index (Phi) is 10.3. The van der Waals surface area contributed by atoms with E-state index in [0.717, 1.165) is 6.54 Å². The fraction of sp³-hybridized carbons (Fsp3) is 0.571. The van der Waals surface area contributed by atoms with Gasteiger partial charge in [-0.1, -0.05) is 45.9 Å². The highest BCUT2D eigenvalue weighted by atomic mass is 32.2. The third-order valence-electron chi connectivity index (χ3n) is 2.41. The van der Waals surface area contributed by atoms with Crippen molar-refractivity contribution in [1.29, 1.82) is 0 Å². The number of hydrogen-bond donors (Lipinski definition) is 2. The quantitative estimate of drug-likeness (QED) is 0.759. The first kappa shape index (κ1) is 16.5. The Morgan fingerprint density at radius 2 is 1.71 bits per heavy atom. The molecule has 17 heavy (non-hydrogen) atoms. The van der Waals surface area contributed by atoms with Crippen LogP contribution in [0.5, 0.6) is 0 Å². The molecular formula is C14H26N2S. The van der Waals surface area contributed by atoms with Gasteiger partial charge in [-0.2, -0.15) is 0 Å². The van der Waals surface area contributed by atoms with Crippen molar-refractivity contribution in [3.05, 3.63) is 30.3 Å². The molecular weight excluding hydrogens is 228 g/mol. The minimum absolute atomic E-state index is 0.529.